The van der Waals surface area contributed by atoms with Gasteiger partial charge in [0.1, 0.15) is 0 Å². The molecule has 0 aliphatic heterocycles. The molecule has 10 rings (SSSR count). The molecule has 0 radical (unpaired) electrons. The first-order chi connectivity index (χ1) is 27.5. The maximum absolute atomic E-state index is 2.34. The molecule has 2 heterocycles. The fourth-order valence-electron chi connectivity index (χ4n) is 7.03. The van der Waals surface area contributed by atoms with Crippen LogP contribution >= 0.6 is 11.3 Å². The van der Waals surface area contributed by atoms with E-state index < -0.39 is 0 Å². The van der Waals surface area contributed by atoms with Crippen molar-refractivity contribution < 1.29 is 0 Å². The molecule has 0 amide bonds. The number of para-hydroxylation sites is 4. The van der Waals surface area contributed by atoms with Crippen LogP contribution in [-0.2, 0) is 0 Å². The van der Waals surface area contributed by atoms with Crippen LogP contribution in [0.3, 0.4) is 0 Å². The predicted molar refractivity (Wildman–Crippen MR) is 243 cm³/mol. The van der Waals surface area contributed by atoms with Gasteiger partial charge in [0.05, 0.1) is 11.0 Å². The molecular weight excluding hydrogens is 697 g/mol. The molecule has 0 bridgehead atoms. The third kappa shape index (κ3) is 8.05. The van der Waals surface area contributed by atoms with Crippen LogP contribution in [0.15, 0.2) is 212 Å². The molecule has 8 aromatic carbocycles. The summed E-state index contributed by atoms with van der Waals surface area (Å²) in [5.74, 6) is 0. The van der Waals surface area contributed by atoms with Gasteiger partial charge in [-0.3, -0.25) is 0 Å². The summed E-state index contributed by atoms with van der Waals surface area (Å²) in [5.41, 5.74) is 12.4. The number of thiophene rings is 1. The highest BCUT2D eigenvalue weighted by Gasteiger charge is 2.12. The van der Waals surface area contributed by atoms with Gasteiger partial charge in [0.25, 0.3) is 0 Å². The SMILES string of the molecule is Cc1ccc(-c2cc3ccccc3s2)cc1.Cc1ccc(-n2c3ccccc3c3ccccc32)cc1.Cc1ccc(N(c2ccccc2)c2ccccc2)cc1. The summed E-state index contributed by atoms with van der Waals surface area (Å²) >= 11 is 1.86. The van der Waals surface area contributed by atoms with E-state index in [1.54, 1.807) is 0 Å². The number of aromatic nitrogens is 1. The minimum Gasteiger partial charge on any atom is -0.311 e. The number of rotatable bonds is 5. The highest BCUT2D eigenvalue weighted by molar-refractivity contribution is 7.22. The Labute approximate surface area is 334 Å². The summed E-state index contributed by atoms with van der Waals surface area (Å²) in [5, 5.41) is 3.95. The van der Waals surface area contributed by atoms with Crippen molar-refractivity contribution in [3.05, 3.63) is 229 Å². The normalized spacial score (nSPS) is 10.8. The monoisotopic (exact) mass is 740 g/mol. The number of fused-ring (bicyclic) bond motifs is 4. The first-order valence-electron chi connectivity index (χ1n) is 19.1. The van der Waals surface area contributed by atoms with Crippen molar-refractivity contribution in [2.45, 2.75) is 20.8 Å². The lowest BCUT2D eigenvalue weighted by Crippen LogP contribution is -2.09. The van der Waals surface area contributed by atoms with Crippen LogP contribution in [0.25, 0.3) is 48.0 Å². The Balaban J connectivity index is 0.000000119. The number of hydrogen-bond acceptors (Lipinski definition) is 2. The van der Waals surface area contributed by atoms with Gasteiger partial charge in [0.15, 0.2) is 0 Å². The van der Waals surface area contributed by atoms with Gasteiger partial charge in [-0.25, -0.2) is 0 Å². The first kappa shape index (κ1) is 36.3. The second kappa shape index (κ2) is 16.8. The third-order valence-corrected chi connectivity index (χ3v) is 11.1. The molecule has 3 heteroatoms. The molecule has 272 valence electrons. The Bertz CT molecular complexity index is 2670. The molecule has 0 atom stereocenters. The van der Waals surface area contributed by atoms with E-state index in [0.29, 0.717) is 0 Å². The quantitative estimate of drug-likeness (QED) is 0.171. The minimum absolute atomic E-state index is 1.17. The van der Waals surface area contributed by atoms with Crippen LogP contribution in [0.1, 0.15) is 16.7 Å². The number of aryl methyl sites for hydroxylation is 3. The van der Waals surface area contributed by atoms with Crippen molar-refractivity contribution in [2.75, 3.05) is 4.90 Å². The van der Waals surface area contributed by atoms with E-state index in [2.05, 4.69) is 230 Å². The molecule has 2 nitrogen and oxygen atoms in total. The summed E-state index contributed by atoms with van der Waals surface area (Å²) in [6, 6.07) is 74.9. The van der Waals surface area contributed by atoms with Gasteiger partial charge in [-0.05, 0) is 105 Å². The van der Waals surface area contributed by atoms with Crippen molar-refractivity contribution >= 4 is 60.3 Å². The largest absolute Gasteiger partial charge is 0.311 e. The van der Waals surface area contributed by atoms with Crippen molar-refractivity contribution in [3.63, 3.8) is 0 Å². The second-order valence-electron chi connectivity index (χ2n) is 14.1. The Morgan fingerprint density at radius 2 is 0.821 bits per heavy atom. The molecule has 0 saturated heterocycles. The molecule has 0 saturated carbocycles. The fourth-order valence-corrected chi connectivity index (χ4v) is 8.10. The molecule has 0 aliphatic rings. The number of benzene rings is 8. The third-order valence-electron chi connectivity index (χ3n) is 9.95. The van der Waals surface area contributed by atoms with Crippen LogP contribution in [0.2, 0.25) is 0 Å². The van der Waals surface area contributed by atoms with E-state index >= 15 is 0 Å². The van der Waals surface area contributed by atoms with E-state index in [0.717, 1.165) is 0 Å². The topological polar surface area (TPSA) is 8.17 Å². The van der Waals surface area contributed by atoms with Crippen molar-refractivity contribution in [1.82, 2.24) is 4.57 Å². The molecule has 0 N–H and O–H groups in total. The van der Waals surface area contributed by atoms with E-state index in [1.807, 2.05) is 23.5 Å². The molecule has 0 aliphatic carbocycles. The predicted octanol–water partition coefficient (Wildman–Crippen LogP) is 15.4. The molecular formula is C53H44N2S. The summed E-state index contributed by atoms with van der Waals surface area (Å²) in [4.78, 5) is 3.61. The van der Waals surface area contributed by atoms with Gasteiger partial charge in [-0.2, -0.15) is 0 Å². The number of anilines is 3. The van der Waals surface area contributed by atoms with Crippen LogP contribution in [0.4, 0.5) is 17.1 Å². The zero-order valence-corrected chi connectivity index (χ0v) is 32.8. The highest BCUT2D eigenvalue weighted by Crippen LogP contribution is 2.35. The van der Waals surface area contributed by atoms with Crippen LogP contribution in [-0.4, -0.2) is 4.57 Å². The second-order valence-corrected chi connectivity index (χ2v) is 15.1. The summed E-state index contributed by atoms with van der Waals surface area (Å²) < 4.78 is 3.70. The van der Waals surface area contributed by atoms with E-state index in [9.17, 15) is 0 Å². The highest BCUT2D eigenvalue weighted by atomic mass is 32.1. The average Bonchev–Trinajstić information content (AvgIpc) is 3.84. The smallest absolute Gasteiger partial charge is 0.0541 e. The lowest BCUT2D eigenvalue weighted by atomic mass is 10.1. The van der Waals surface area contributed by atoms with Gasteiger partial charge in [-0.1, -0.05) is 156 Å². The zero-order valence-electron chi connectivity index (χ0n) is 32.0. The Kier molecular flexibility index (Phi) is 10.9. The van der Waals surface area contributed by atoms with Crippen LogP contribution in [0.5, 0.6) is 0 Å². The standard InChI is InChI=1S/C19H15N.C19H17N.C15H12S/c1-14-10-12-15(13-11-14)20-18-8-4-2-6-16(18)17-7-3-5-9-19(17)20;1-16-12-14-19(15-13-16)20(17-8-4-2-5-9-17)18-10-6-3-7-11-18;1-11-6-8-12(9-7-11)15-10-13-4-2-3-5-14(13)16-15/h2-13H,1H3;2-15H,1H3;2-10H,1H3. The molecule has 10 aromatic rings. The lowest BCUT2D eigenvalue weighted by Gasteiger charge is -2.25. The van der Waals surface area contributed by atoms with Gasteiger partial charge in [-0.15, -0.1) is 11.3 Å². The van der Waals surface area contributed by atoms with Crippen molar-refractivity contribution in [1.29, 1.82) is 0 Å². The average molecular weight is 741 g/mol. The summed E-state index contributed by atoms with van der Waals surface area (Å²) in [6.07, 6.45) is 0. The molecule has 2 aromatic heterocycles. The number of nitrogens with zero attached hydrogens (tertiary/aromatic N) is 2. The van der Waals surface area contributed by atoms with Gasteiger partial charge in [0.2, 0.25) is 0 Å². The van der Waals surface area contributed by atoms with E-state index in [1.165, 1.54) is 81.8 Å². The van der Waals surface area contributed by atoms with Crippen molar-refractivity contribution in [3.8, 4) is 16.1 Å². The maximum atomic E-state index is 2.34. The molecule has 0 fully saturated rings. The summed E-state index contributed by atoms with van der Waals surface area (Å²) in [7, 11) is 0. The van der Waals surface area contributed by atoms with E-state index in [4.69, 9.17) is 0 Å². The number of hydrogen-bond donors (Lipinski definition) is 0. The molecule has 0 unspecified atom stereocenters. The first-order valence-corrected chi connectivity index (χ1v) is 19.9. The van der Waals surface area contributed by atoms with Gasteiger partial charge >= 0.3 is 0 Å². The van der Waals surface area contributed by atoms with E-state index in [-0.39, 0.29) is 0 Å². The van der Waals surface area contributed by atoms with Gasteiger partial charge in [0, 0.05) is 43.1 Å². The lowest BCUT2D eigenvalue weighted by molar-refractivity contribution is 1.17. The molecule has 0 spiro atoms. The van der Waals surface area contributed by atoms with Crippen LogP contribution < -0.4 is 4.90 Å². The minimum atomic E-state index is 1.17. The Morgan fingerprint density at radius 1 is 0.393 bits per heavy atom. The van der Waals surface area contributed by atoms with Gasteiger partial charge < -0.3 is 9.47 Å². The maximum Gasteiger partial charge on any atom is 0.0541 e. The zero-order chi connectivity index (χ0) is 38.3. The molecule has 56 heavy (non-hydrogen) atoms. The fraction of sp³-hybridized carbons (Fsp3) is 0.0566. The van der Waals surface area contributed by atoms with Crippen molar-refractivity contribution in [2.24, 2.45) is 0 Å². The Hall–Kier alpha value is -6.68. The Morgan fingerprint density at radius 3 is 1.36 bits per heavy atom. The summed E-state index contributed by atoms with van der Waals surface area (Å²) in [6.45, 7) is 6.35. The van der Waals surface area contributed by atoms with Crippen LogP contribution in [0, 0.1) is 20.8 Å².